The second kappa shape index (κ2) is 4.80. The molecule has 0 bridgehead atoms. The molecule has 1 aliphatic carbocycles. The Bertz CT molecular complexity index is 315. The van der Waals surface area contributed by atoms with Gasteiger partial charge in [0.25, 0.3) is 0 Å². The van der Waals surface area contributed by atoms with Crippen LogP contribution in [0.5, 0.6) is 0 Å². The summed E-state index contributed by atoms with van der Waals surface area (Å²) in [5.41, 5.74) is 2.59. The monoisotopic (exact) mass is 204 g/mol. The Labute approximate surface area is 92.1 Å². The summed E-state index contributed by atoms with van der Waals surface area (Å²) in [7, 11) is 0. The van der Waals surface area contributed by atoms with E-state index < -0.39 is 0 Å². The molecular weight excluding hydrogens is 184 g/mol. The minimum absolute atomic E-state index is 0.142. The van der Waals surface area contributed by atoms with Crippen LogP contribution in [0.3, 0.4) is 0 Å². The van der Waals surface area contributed by atoms with Crippen molar-refractivity contribution in [2.24, 2.45) is 5.92 Å². The standard InChI is InChI=1S/C14H20O/c1-11-5-2-3-8-13(11)10-14(15)9-12-6-4-7-12/h2-3,5,8,12,14-15H,4,6-7,9-10H2,1H3. The summed E-state index contributed by atoms with van der Waals surface area (Å²) in [5, 5.41) is 9.96. The molecule has 15 heavy (non-hydrogen) atoms. The van der Waals surface area contributed by atoms with Crippen LogP contribution in [0.4, 0.5) is 0 Å². The molecule has 1 nitrogen and oxygen atoms in total. The Morgan fingerprint density at radius 1 is 1.33 bits per heavy atom. The van der Waals surface area contributed by atoms with Gasteiger partial charge in [-0.1, -0.05) is 43.5 Å². The number of hydrogen-bond acceptors (Lipinski definition) is 1. The van der Waals surface area contributed by atoms with E-state index in [1.165, 1.54) is 30.4 Å². The van der Waals surface area contributed by atoms with Gasteiger partial charge in [-0.2, -0.15) is 0 Å². The van der Waals surface area contributed by atoms with Crippen LogP contribution in [0.2, 0.25) is 0 Å². The van der Waals surface area contributed by atoms with E-state index in [1.54, 1.807) is 0 Å². The topological polar surface area (TPSA) is 20.2 Å². The zero-order valence-electron chi connectivity index (χ0n) is 9.45. The normalized spacial score (nSPS) is 18.5. The number of hydrogen-bond donors (Lipinski definition) is 1. The first-order valence-electron chi connectivity index (χ1n) is 5.98. The molecule has 1 saturated carbocycles. The highest BCUT2D eigenvalue weighted by molar-refractivity contribution is 5.26. The van der Waals surface area contributed by atoms with Gasteiger partial charge in [0.05, 0.1) is 6.10 Å². The van der Waals surface area contributed by atoms with E-state index in [2.05, 4.69) is 31.2 Å². The lowest BCUT2D eigenvalue weighted by Gasteiger charge is -2.27. The summed E-state index contributed by atoms with van der Waals surface area (Å²) >= 11 is 0. The fourth-order valence-electron chi connectivity index (χ4n) is 2.29. The fraction of sp³-hybridized carbons (Fsp3) is 0.571. The summed E-state index contributed by atoms with van der Waals surface area (Å²) < 4.78 is 0. The van der Waals surface area contributed by atoms with Crippen LogP contribution >= 0.6 is 0 Å². The van der Waals surface area contributed by atoms with E-state index in [4.69, 9.17) is 0 Å². The molecule has 0 saturated heterocycles. The number of aliphatic hydroxyl groups is 1. The van der Waals surface area contributed by atoms with Gasteiger partial charge in [-0.05, 0) is 36.8 Å². The molecule has 0 heterocycles. The first-order valence-corrected chi connectivity index (χ1v) is 5.98. The van der Waals surface area contributed by atoms with E-state index in [0.29, 0.717) is 0 Å². The predicted octanol–water partition coefficient (Wildman–Crippen LogP) is 3.09. The average molecular weight is 204 g/mol. The Morgan fingerprint density at radius 3 is 2.67 bits per heavy atom. The van der Waals surface area contributed by atoms with Gasteiger partial charge in [0.2, 0.25) is 0 Å². The highest BCUT2D eigenvalue weighted by atomic mass is 16.3. The minimum atomic E-state index is -0.142. The van der Waals surface area contributed by atoms with Gasteiger partial charge in [-0.15, -0.1) is 0 Å². The molecule has 1 aliphatic rings. The molecule has 2 rings (SSSR count). The summed E-state index contributed by atoms with van der Waals surface area (Å²) in [4.78, 5) is 0. The molecule has 0 spiro atoms. The van der Waals surface area contributed by atoms with Gasteiger partial charge >= 0.3 is 0 Å². The van der Waals surface area contributed by atoms with E-state index in [-0.39, 0.29) is 6.10 Å². The fourth-order valence-corrected chi connectivity index (χ4v) is 2.29. The smallest absolute Gasteiger partial charge is 0.0583 e. The molecule has 1 aromatic rings. The first-order chi connectivity index (χ1) is 7.25. The summed E-state index contributed by atoms with van der Waals surface area (Å²) in [6, 6.07) is 8.35. The van der Waals surface area contributed by atoms with Crippen molar-refractivity contribution in [2.75, 3.05) is 0 Å². The molecule has 0 aliphatic heterocycles. The van der Waals surface area contributed by atoms with E-state index in [1.807, 2.05) is 0 Å². The van der Waals surface area contributed by atoms with Gasteiger partial charge in [0, 0.05) is 0 Å². The zero-order valence-corrected chi connectivity index (χ0v) is 9.45. The first kappa shape index (κ1) is 10.7. The number of aryl methyl sites for hydroxylation is 1. The second-order valence-electron chi connectivity index (χ2n) is 4.82. The van der Waals surface area contributed by atoms with Crippen molar-refractivity contribution >= 4 is 0 Å². The van der Waals surface area contributed by atoms with Crippen molar-refractivity contribution in [3.05, 3.63) is 35.4 Å². The molecule has 1 heteroatoms. The molecule has 0 amide bonds. The quantitative estimate of drug-likeness (QED) is 0.799. The zero-order chi connectivity index (χ0) is 10.7. The van der Waals surface area contributed by atoms with E-state index in [9.17, 15) is 5.11 Å². The number of rotatable bonds is 4. The Morgan fingerprint density at radius 2 is 2.07 bits per heavy atom. The van der Waals surface area contributed by atoms with Crippen LogP contribution < -0.4 is 0 Å². The molecule has 1 unspecified atom stereocenters. The van der Waals surface area contributed by atoms with Crippen LogP contribution in [0.1, 0.15) is 36.8 Å². The van der Waals surface area contributed by atoms with Crippen LogP contribution in [-0.4, -0.2) is 11.2 Å². The van der Waals surface area contributed by atoms with Gasteiger partial charge in [-0.3, -0.25) is 0 Å². The van der Waals surface area contributed by atoms with Gasteiger partial charge < -0.3 is 5.11 Å². The molecule has 0 radical (unpaired) electrons. The highest BCUT2D eigenvalue weighted by Crippen LogP contribution is 2.31. The molecule has 0 aromatic heterocycles. The van der Waals surface area contributed by atoms with Crippen LogP contribution in [0.15, 0.2) is 24.3 Å². The summed E-state index contributed by atoms with van der Waals surface area (Å²) in [5.74, 6) is 0.795. The third-order valence-electron chi connectivity index (χ3n) is 3.55. The van der Waals surface area contributed by atoms with Crippen LogP contribution in [0.25, 0.3) is 0 Å². The largest absolute Gasteiger partial charge is 0.393 e. The highest BCUT2D eigenvalue weighted by Gasteiger charge is 2.21. The predicted molar refractivity (Wildman–Crippen MR) is 62.8 cm³/mol. The Balaban J connectivity index is 1.87. The SMILES string of the molecule is Cc1ccccc1CC(O)CC1CCC1. The lowest BCUT2D eigenvalue weighted by atomic mass is 9.80. The van der Waals surface area contributed by atoms with Gasteiger partial charge in [-0.25, -0.2) is 0 Å². The van der Waals surface area contributed by atoms with Crippen LogP contribution in [0, 0.1) is 12.8 Å². The van der Waals surface area contributed by atoms with Gasteiger partial charge in [0.1, 0.15) is 0 Å². The molecule has 1 N–H and O–H groups in total. The van der Waals surface area contributed by atoms with Crippen molar-refractivity contribution in [1.29, 1.82) is 0 Å². The maximum Gasteiger partial charge on any atom is 0.0583 e. The molecular formula is C14H20O. The Hall–Kier alpha value is -0.820. The lowest BCUT2D eigenvalue weighted by Crippen LogP contribution is -2.21. The minimum Gasteiger partial charge on any atom is -0.393 e. The van der Waals surface area contributed by atoms with Crippen molar-refractivity contribution in [3.63, 3.8) is 0 Å². The summed E-state index contributed by atoms with van der Waals surface area (Å²) in [6.07, 6.45) is 5.69. The molecule has 1 atom stereocenters. The molecule has 82 valence electrons. The average Bonchev–Trinajstić information content (AvgIpc) is 2.16. The third-order valence-corrected chi connectivity index (χ3v) is 3.55. The summed E-state index contributed by atoms with van der Waals surface area (Å²) in [6.45, 7) is 2.12. The molecule has 1 aromatic carbocycles. The third kappa shape index (κ3) is 2.82. The van der Waals surface area contributed by atoms with Crippen molar-refractivity contribution in [2.45, 2.75) is 45.1 Å². The van der Waals surface area contributed by atoms with E-state index in [0.717, 1.165) is 18.8 Å². The Kier molecular flexibility index (Phi) is 3.42. The van der Waals surface area contributed by atoms with Gasteiger partial charge in [0.15, 0.2) is 0 Å². The van der Waals surface area contributed by atoms with Crippen LogP contribution in [-0.2, 0) is 6.42 Å². The number of aliphatic hydroxyl groups excluding tert-OH is 1. The maximum atomic E-state index is 9.96. The van der Waals surface area contributed by atoms with E-state index >= 15 is 0 Å². The van der Waals surface area contributed by atoms with Crippen molar-refractivity contribution in [1.82, 2.24) is 0 Å². The van der Waals surface area contributed by atoms with Crippen molar-refractivity contribution in [3.8, 4) is 0 Å². The maximum absolute atomic E-state index is 9.96. The number of benzene rings is 1. The van der Waals surface area contributed by atoms with Crippen molar-refractivity contribution < 1.29 is 5.11 Å². The molecule has 1 fully saturated rings. The lowest BCUT2D eigenvalue weighted by molar-refractivity contribution is 0.117. The second-order valence-corrected chi connectivity index (χ2v) is 4.82.